The third-order valence-corrected chi connectivity index (χ3v) is 15.2. The van der Waals surface area contributed by atoms with Crippen LogP contribution in [0.15, 0.2) is 0 Å². The van der Waals surface area contributed by atoms with Gasteiger partial charge in [-0.3, -0.25) is 81.5 Å². The number of aliphatic carboxylic acids is 2. The van der Waals surface area contributed by atoms with Gasteiger partial charge in [-0.15, -0.1) is 0 Å². The Balaban J connectivity index is 2.16. The number of amides is 15. The number of nitrogens with zero attached hydrogens (tertiary/aromatic N) is 2. The molecule has 13 atom stereocenters. The monoisotopic (exact) mass is 1340 g/mol. The second-order valence-electron chi connectivity index (χ2n) is 24.1. The fraction of sp³-hybridized carbons (Fsp3) is 0.702. The predicted molar refractivity (Wildman–Crippen MR) is 327 cm³/mol. The molecule has 2 heterocycles. The highest BCUT2D eigenvalue weighted by Crippen LogP contribution is 2.21. The molecule has 0 aromatic carbocycles. The van der Waals surface area contributed by atoms with Crippen molar-refractivity contribution in [2.24, 2.45) is 35.0 Å². The Hall–Kier alpha value is -9.13. The molecule has 2 aliphatic rings. The summed E-state index contributed by atoms with van der Waals surface area (Å²) >= 11 is 0. The van der Waals surface area contributed by atoms with E-state index in [4.69, 9.17) is 17.2 Å². The van der Waals surface area contributed by atoms with E-state index in [1.54, 1.807) is 41.5 Å². The van der Waals surface area contributed by atoms with Crippen molar-refractivity contribution in [1.82, 2.24) is 68.3 Å². The van der Waals surface area contributed by atoms with Crippen molar-refractivity contribution < 1.29 is 102 Å². The van der Waals surface area contributed by atoms with E-state index < -0.39 is 237 Å². The van der Waals surface area contributed by atoms with Crippen molar-refractivity contribution in [3.8, 4) is 0 Å². The summed E-state index contributed by atoms with van der Waals surface area (Å²) in [5, 5.41) is 65.0. The van der Waals surface area contributed by atoms with Gasteiger partial charge in [0.25, 0.3) is 0 Å². The topological polar surface area (TPSA) is 588 Å². The molecule has 2 saturated heterocycles. The molecule has 37 nitrogen and oxygen atoms in total. The third-order valence-electron chi connectivity index (χ3n) is 15.2. The van der Waals surface area contributed by atoms with Crippen molar-refractivity contribution in [3.63, 3.8) is 0 Å². The average molecular weight is 1340 g/mol. The van der Waals surface area contributed by atoms with Crippen molar-refractivity contribution in [2.45, 2.75) is 205 Å². The zero-order valence-electron chi connectivity index (χ0n) is 54.2. The zero-order valence-corrected chi connectivity index (χ0v) is 54.2. The molecule has 0 aliphatic carbocycles. The highest BCUT2D eigenvalue weighted by molar-refractivity contribution is 6.00. The van der Waals surface area contributed by atoms with E-state index in [0.717, 1.165) is 23.6 Å². The number of carbonyl (C=O) groups excluding carboxylic acids is 15. The molecule has 21 N–H and O–H groups in total. The van der Waals surface area contributed by atoms with Gasteiger partial charge in [0.15, 0.2) is 0 Å². The third kappa shape index (κ3) is 26.1. The summed E-state index contributed by atoms with van der Waals surface area (Å²) in [6, 6.07) is -19.0. The Morgan fingerprint density at radius 3 is 1.34 bits per heavy atom. The predicted octanol–water partition coefficient (Wildman–Crippen LogP) is -8.25. The van der Waals surface area contributed by atoms with Crippen molar-refractivity contribution in [2.75, 3.05) is 32.8 Å². The molecule has 37 heteroatoms. The van der Waals surface area contributed by atoms with E-state index in [1.807, 2.05) is 0 Å². The molecule has 2 fully saturated rings. The molecule has 15 amide bonds. The van der Waals surface area contributed by atoms with Crippen LogP contribution >= 0.6 is 0 Å². The first-order valence-electron chi connectivity index (χ1n) is 30.8. The van der Waals surface area contributed by atoms with Gasteiger partial charge in [0.2, 0.25) is 88.6 Å². The van der Waals surface area contributed by atoms with Crippen LogP contribution in [0.5, 0.6) is 0 Å². The van der Waals surface area contributed by atoms with Gasteiger partial charge in [0, 0.05) is 25.9 Å². The number of carbonyl (C=O) groups is 17. The first-order valence-corrected chi connectivity index (χ1v) is 30.8. The van der Waals surface area contributed by atoms with E-state index in [9.17, 15) is 102 Å². The van der Waals surface area contributed by atoms with Gasteiger partial charge >= 0.3 is 11.9 Å². The van der Waals surface area contributed by atoms with Crippen LogP contribution in [-0.4, -0.2) is 242 Å². The number of aliphatic hydroxyl groups excluding tert-OH is 2. The molecule has 0 bridgehead atoms. The van der Waals surface area contributed by atoms with Crippen LogP contribution in [0.2, 0.25) is 0 Å². The van der Waals surface area contributed by atoms with Crippen molar-refractivity contribution in [3.05, 3.63) is 0 Å². The highest BCUT2D eigenvalue weighted by Gasteiger charge is 2.42. The fourth-order valence-electron chi connectivity index (χ4n) is 9.75. The van der Waals surface area contributed by atoms with E-state index in [1.165, 1.54) is 6.92 Å². The Morgan fingerprint density at radius 2 is 0.883 bits per heavy atom. The number of nitrogens with one attached hydrogen (secondary N) is 11. The number of primary amides is 2. The summed E-state index contributed by atoms with van der Waals surface area (Å²) in [6.07, 6.45) is -2.83. The van der Waals surface area contributed by atoms with Gasteiger partial charge in [-0.2, -0.15) is 0 Å². The molecule has 0 unspecified atom stereocenters. The van der Waals surface area contributed by atoms with Crippen LogP contribution in [-0.2, 0) is 81.5 Å². The van der Waals surface area contributed by atoms with Crippen LogP contribution in [0.1, 0.15) is 127 Å². The highest BCUT2D eigenvalue weighted by atomic mass is 16.4. The molecular formula is C57H94N16O21. The lowest BCUT2D eigenvalue weighted by Crippen LogP contribution is -2.60. The smallest absolute Gasteiger partial charge is 0.305 e. The number of hydrogen-bond donors (Lipinski definition) is 18. The zero-order chi connectivity index (χ0) is 71.6. The van der Waals surface area contributed by atoms with Crippen LogP contribution in [0.3, 0.4) is 0 Å². The minimum atomic E-state index is -2.11. The number of nitrogens with two attached hydrogens (primary N) is 3. The lowest BCUT2D eigenvalue weighted by molar-refractivity contribution is -0.143. The number of rotatable bonds is 39. The molecule has 94 heavy (non-hydrogen) atoms. The number of hydrogen-bond acceptors (Lipinski definition) is 20. The Bertz CT molecular complexity index is 2790. The lowest BCUT2D eigenvalue weighted by atomic mass is 10.0. The average Bonchev–Trinajstić information content (AvgIpc) is 1.65. The fourth-order valence-corrected chi connectivity index (χ4v) is 9.75. The first kappa shape index (κ1) is 81.0. The number of carboxylic acid groups (broad SMARTS) is 2. The summed E-state index contributed by atoms with van der Waals surface area (Å²) in [7, 11) is 0. The van der Waals surface area contributed by atoms with E-state index in [0.29, 0.717) is 6.42 Å². The first-order chi connectivity index (χ1) is 43.8. The van der Waals surface area contributed by atoms with Gasteiger partial charge in [-0.05, 0) is 83.5 Å². The molecule has 0 radical (unpaired) electrons. The molecule has 0 aromatic heterocycles. The van der Waals surface area contributed by atoms with Crippen molar-refractivity contribution >= 4 is 101 Å². The number of aliphatic hydroxyl groups is 2. The second kappa shape index (κ2) is 38.8. The summed E-state index contributed by atoms with van der Waals surface area (Å²) in [6.45, 7) is 11.2. The Morgan fingerprint density at radius 1 is 0.457 bits per heavy atom. The van der Waals surface area contributed by atoms with Gasteiger partial charge < -0.3 is 106 Å². The molecule has 0 spiro atoms. The minimum Gasteiger partial charge on any atom is -0.481 e. The normalized spacial score (nSPS) is 17.9. The molecule has 0 aromatic rings. The molecular weight excluding hydrogens is 1240 g/mol. The largest absolute Gasteiger partial charge is 0.481 e. The lowest BCUT2D eigenvalue weighted by Gasteiger charge is -2.30. The standard InChI is InChI=1S/C57H94N16O21/c1-25(2)20-33(45(60)82)68-53(90)38-13-11-19-73(38)57(94)36(24-75)70-48(85)30(9)63-49(86)32(15-17-41(78)79)67-51(88)34(21-42(80)81)69-50(87)31(14-16-39(58)76)66-47(84)29(8)62-46(83)28(7)64-52(89)37-12-10-18-72(37)56(93)35(23-74)65-40(77)22-61-55(92)44(27(5)6)71-54(91)43(59)26(3)4/h25-38,43-44,74-75H,10-24,59H2,1-9H3,(H2,58,76)(H2,60,82)(H,61,92)(H,62,83)(H,63,86)(H,64,89)(H,65,77)(H,66,84)(H,67,88)(H,68,90)(H,69,87)(H,70,85)(H,71,91)(H,78,79)(H,80,81)/t28-,29-,30-,31-,32-,33-,34-,35-,36-,37-,38-,43-,44-/m0/s1. The quantitative estimate of drug-likeness (QED) is 0.0272. The van der Waals surface area contributed by atoms with Gasteiger partial charge in [-0.1, -0.05) is 41.5 Å². The molecule has 2 rings (SSSR count). The maximum atomic E-state index is 13.8. The van der Waals surface area contributed by atoms with E-state index >= 15 is 0 Å². The summed E-state index contributed by atoms with van der Waals surface area (Å²) < 4.78 is 0. The van der Waals surface area contributed by atoms with Gasteiger partial charge in [-0.25, -0.2) is 0 Å². The summed E-state index contributed by atoms with van der Waals surface area (Å²) in [4.78, 5) is 224. The van der Waals surface area contributed by atoms with Crippen LogP contribution in [0.25, 0.3) is 0 Å². The van der Waals surface area contributed by atoms with Crippen LogP contribution in [0.4, 0.5) is 0 Å². The van der Waals surface area contributed by atoms with Crippen molar-refractivity contribution in [1.29, 1.82) is 0 Å². The number of carboxylic acids is 2. The SMILES string of the molecule is CC(C)C[C@H](NC(=O)[C@@H]1CCCN1C(=O)[C@H](CO)NC(=O)[C@H](C)NC(=O)[C@H](CCC(=O)O)NC(=O)[C@H](CC(=O)O)NC(=O)[C@H](CCC(N)=O)NC(=O)[C@H](C)NC(=O)[C@H](C)NC(=O)[C@@H]1CCCN1C(=O)[C@H](CO)NC(=O)CNC(=O)[C@@H](NC(=O)[C@@H](N)C(C)C)C(C)C)C(N)=O. The Kier molecular flexibility index (Phi) is 33.4. The molecule has 0 saturated carbocycles. The summed E-state index contributed by atoms with van der Waals surface area (Å²) in [5.41, 5.74) is 16.7. The maximum absolute atomic E-state index is 13.8. The summed E-state index contributed by atoms with van der Waals surface area (Å²) in [5.74, 6) is -18.4. The van der Waals surface area contributed by atoms with Gasteiger partial charge in [0.05, 0.1) is 32.2 Å². The molecule has 528 valence electrons. The maximum Gasteiger partial charge on any atom is 0.305 e. The van der Waals surface area contributed by atoms with Crippen LogP contribution in [0, 0.1) is 17.8 Å². The Labute approximate surface area is 542 Å². The van der Waals surface area contributed by atoms with Gasteiger partial charge in [0.1, 0.15) is 72.5 Å². The second-order valence-corrected chi connectivity index (χ2v) is 24.1. The molecule has 2 aliphatic heterocycles. The minimum absolute atomic E-state index is 0.0145. The van der Waals surface area contributed by atoms with E-state index in [2.05, 4.69) is 58.5 Å². The van der Waals surface area contributed by atoms with Crippen LogP contribution < -0.4 is 75.7 Å². The number of likely N-dealkylation sites (tertiary alicyclic amines) is 2. The van der Waals surface area contributed by atoms with E-state index in [-0.39, 0.29) is 50.6 Å².